The molecule has 0 saturated heterocycles. The molecule has 0 spiro atoms. The number of rotatable bonds is 3. The summed E-state index contributed by atoms with van der Waals surface area (Å²) >= 11 is 3.35. The second-order valence-electron chi connectivity index (χ2n) is 4.48. The van der Waals surface area contributed by atoms with Crippen LogP contribution >= 0.6 is 15.9 Å². The third-order valence-electron chi connectivity index (χ3n) is 4.18. The Morgan fingerprint density at radius 1 is 1.47 bits per heavy atom. The highest BCUT2D eigenvalue weighted by Gasteiger charge is 2.52. The van der Waals surface area contributed by atoms with Crippen molar-refractivity contribution in [1.29, 1.82) is 0 Å². The molecule has 1 aliphatic rings. The third kappa shape index (κ3) is 1.56. The van der Waals surface area contributed by atoms with Gasteiger partial charge >= 0.3 is 0 Å². The van der Waals surface area contributed by atoms with Crippen molar-refractivity contribution < 1.29 is 4.42 Å². The second-order valence-corrected chi connectivity index (χ2v) is 5.26. The lowest BCUT2D eigenvalue weighted by Crippen LogP contribution is -2.55. The Morgan fingerprint density at radius 2 is 2.13 bits per heavy atom. The first-order valence-corrected chi connectivity index (χ1v) is 6.44. The van der Waals surface area contributed by atoms with Gasteiger partial charge in [-0.25, -0.2) is 0 Å². The Morgan fingerprint density at radius 3 is 2.53 bits per heavy atom. The fraction of sp³-hybridized carbons (Fsp3) is 0.667. The lowest BCUT2D eigenvalue weighted by molar-refractivity contribution is 0.0308. The largest absolute Gasteiger partial charge is 0.454 e. The highest BCUT2D eigenvalue weighted by molar-refractivity contribution is 9.10. The van der Waals surface area contributed by atoms with E-state index in [2.05, 4.69) is 35.8 Å². The summed E-state index contributed by atoms with van der Waals surface area (Å²) in [5, 5.41) is 0. The van der Waals surface area contributed by atoms with Crippen molar-refractivity contribution in [3.05, 3.63) is 22.6 Å². The van der Waals surface area contributed by atoms with Crippen LogP contribution in [0, 0.1) is 5.41 Å². The van der Waals surface area contributed by atoms with Crippen LogP contribution in [0.2, 0.25) is 0 Å². The van der Waals surface area contributed by atoms with Gasteiger partial charge in [0.05, 0.1) is 0 Å². The average molecular weight is 272 g/mol. The minimum absolute atomic E-state index is 0.261. The maximum atomic E-state index is 6.16. The monoisotopic (exact) mass is 271 g/mol. The van der Waals surface area contributed by atoms with Gasteiger partial charge in [0.25, 0.3) is 0 Å². The van der Waals surface area contributed by atoms with Crippen LogP contribution in [0.3, 0.4) is 0 Å². The van der Waals surface area contributed by atoms with Crippen molar-refractivity contribution >= 4 is 15.9 Å². The summed E-state index contributed by atoms with van der Waals surface area (Å²) < 4.78 is 6.47. The summed E-state index contributed by atoms with van der Waals surface area (Å²) in [4.78, 5) is 0. The van der Waals surface area contributed by atoms with Gasteiger partial charge in [0, 0.05) is 12.0 Å². The molecule has 0 aromatic carbocycles. The lowest BCUT2D eigenvalue weighted by Gasteiger charge is -2.53. The Kier molecular flexibility index (Phi) is 2.95. The second kappa shape index (κ2) is 3.95. The summed E-state index contributed by atoms with van der Waals surface area (Å²) in [6, 6.07) is 4.37. The van der Waals surface area contributed by atoms with Gasteiger partial charge < -0.3 is 10.2 Å². The van der Waals surface area contributed by atoms with Crippen LogP contribution < -0.4 is 5.73 Å². The van der Waals surface area contributed by atoms with Gasteiger partial charge in [-0.05, 0) is 52.7 Å². The summed E-state index contributed by atoms with van der Waals surface area (Å²) in [5.74, 6) is 1.60. The number of halogens is 1. The maximum absolute atomic E-state index is 6.16. The molecule has 1 fully saturated rings. The molecule has 2 atom stereocenters. The highest BCUT2D eigenvalue weighted by Crippen LogP contribution is 2.56. The molecule has 2 nitrogen and oxygen atoms in total. The van der Waals surface area contributed by atoms with Gasteiger partial charge in [-0.3, -0.25) is 0 Å². The molecule has 2 N–H and O–H groups in total. The van der Waals surface area contributed by atoms with Crippen LogP contribution in [0.1, 0.15) is 44.8 Å². The molecule has 1 saturated carbocycles. The van der Waals surface area contributed by atoms with E-state index in [0.717, 1.165) is 29.7 Å². The van der Waals surface area contributed by atoms with Crippen molar-refractivity contribution in [2.24, 2.45) is 11.1 Å². The minimum atomic E-state index is 0.261. The summed E-state index contributed by atoms with van der Waals surface area (Å²) in [6.45, 7) is 4.46. The molecule has 1 aromatic heterocycles. The van der Waals surface area contributed by atoms with Crippen molar-refractivity contribution in [1.82, 2.24) is 0 Å². The van der Waals surface area contributed by atoms with Crippen molar-refractivity contribution in [3.8, 4) is 0 Å². The van der Waals surface area contributed by atoms with Gasteiger partial charge in [0.15, 0.2) is 4.67 Å². The fourth-order valence-corrected chi connectivity index (χ4v) is 3.32. The predicted octanol–water partition coefficient (Wildman–Crippen LogP) is 3.66. The SMILES string of the molecule is CCC1(CC)C(N)CC1c1ccc(Br)o1. The first kappa shape index (κ1) is 11.2. The van der Waals surface area contributed by atoms with E-state index in [4.69, 9.17) is 10.2 Å². The van der Waals surface area contributed by atoms with E-state index in [9.17, 15) is 0 Å². The number of furan rings is 1. The zero-order chi connectivity index (χ0) is 11.1. The van der Waals surface area contributed by atoms with E-state index in [1.54, 1.807) is 0 Å². The van der Waals surface area contributed by atoms with Crippen molar-refractivity contribution in [3.63, 3.8) is 0 Å². The van der Waals surface area contributed by atoms with Gasteiger partial charge in [-0.2, -0.15) is 0 Å². The molecule has 0 aliphatic heterocycles. The average Bonchev–Trinajstić information content (AvgIpc) is 2.63. The van der Waals surface area contributed by atoms with E-state index >= 15 is 0 Å². The molecule has 2 unspecified atom stereocenters. The van der Waals surface area contributed by atoms with Gasteiger partial charge in [0.2, 0.25) is 0 Å². The molecule has 2 rings (SSSR count). The summed E-state index contributed by atoms with van der Waals surface area (Å²) in [7, 11) is 0. The van der Waals surface area contributed by atoms with E-state index < -0.39 is 0 Å². The Balaban J connectivity index is 2.25. The molecular weight excluding hydrogens is 254 g/mol. The molecule has 15 heavy (non-hydrogen) atoms. The molecule has 0 bridgehead atoms. The molecule has 3 heteroatoms. The standard InChI is InChI=1S/C12H18BrNO/c1-3-12(4-2)8(7-10(12)14)9-5-6-11(13)15-9/h5-6,8,10H,3-4,7,14H2,1-2H3. The Bertz CT molecular complexity index is 343. The maximum Gasteiger partial charge on any atom is 0.169 e. The lowest BCUT2D eigenvalue weighted by atomic mass is 9.53. The summed E-state index contributed by atoms with van der Waals surface area (Å²) in [5.41, 5.74) is 6.42. The Hall–Kier alpha value is -0.280. The van der Waals surface area contributed by atoms with E-state index in [0.29, 0.717) is 12.0 Å². The van der Waals surface area contributed by atoms with Crippen LogP contribution in [0.25, 0.3) is 0 Å². The van der Waals surface area contributed by atoms with E-state index in [1.165, 1.54) is 0 Å². The number of hydrogen-bond acceptors (Lipinski definition) is 2. The fourth-order valence-electron chi connectivity index (χ4n) is 3.00. The highest BCUT2D eigenvalue weighted by atomic mass is 79.9. The molecule has 1 aromatic rings. The molecule has 0 radical (unpaired) electrons. The Labute approximate surface area is 99.3 Å². The van der Waals surface area contributed by atoms with Crippen molar-refractivity contribution in [2.45, 2.75) is 45.1 Å². The number of hydrogen-bond donors (Lipinski definition) is 1. The zero-order valence-corrected chi connectivity index (χ0v) is 10.9. The predicted molar refractivity (Wildman–Crippen MR) is 64.8 cm³/mol. The minimum Gasteiger partial charge on any atom is -0.454 e. The molecule has 1 heterocycles. The third-order valence-corrected chi connectivity index (χ3v) is 4.60. The van der Waals surface area contributed by atoms with Gasteiger partial charge in [-0.15, -0.1) is 0 Å². The quantitative estimate of drug-likeness (QED) is 0.911. The van der Waals surface area contributed by atoms with E-state index in [-0.39, 0.29) is 5.41 Å². The van der Waals surface area contributed by atoms with Gasteiger partial charge in [-0.1, -0.05) is 13.8 Å². The van der Waals surface area contributed by atoms with Gasteiger partial charge in [0.1, 0.15) is 5.76 Å². The van der Waals surface area contributed by atoms with Crippen LogP contribution in [0.15, 0.2) is 21.2 Å². The van der Waals surface area contributed by atoms with E-state index in [1.807, 2.05) is 6.07 Å². The summed E-state index contributed by atoms with van der Waals surface area (Å²) in [6.07, 6.45) is 3.32. The smallest absolute Gasteiger partial charge is 0.169 e. The van der Waals surface area contributed by atoms with Crippen LogP contribution in [0.4, 0.5) is 0 Å². The number of nitrogens with two attached hydrogens (primary N) is 1. The molecule has 1 aliphatic carbocycles. The van der Waals surface area contributed by atoms with Crippen LogP contribution in [-0.4, -0.2) is 6.04 Å². The van der Waals surface area contributed by atoms with Crippen LogP contribution in [-0.2, 0) is 0 Å². The zero-order valence-electron chi connectivity index (χ0n) is 9.29. The molecular formula is C12H18BrNO. The van der Waals surface area contributed by atoms with Crippen molar-refractivity contribution in [2.75, 3.05) is 0 Å². The topological polar surface area (TPSA) is 39.2 Å². The first-order chi connectivity index (χ1) is 7.14. The molecule has 84 valence electrons. The first-order valence-electron chi connectivity index (χ1n) is 5.65. The molecule has 0 amide bonds. The van der Waals surface area contributed by atoms with Crippen LogP contribution in [0.5, 0.6) is 0 Å². The normalized spacial score (nSPS) is 28.8.